The van der Waals surface area contributed by atoms with Crippen LogP contribution in [0.1, 0.15) is 38.7 Å². The first kappa shape index (κ1) is 17.8. The third-order valence-electron chi connectivity index (χ3n) is 3.71. The van der Waals surface area contributed by atoms with Crippen LogP contribution < -0.4 is 11.1 Å². The number of amidine groups is 1. The molecule has 0 aliphatic carbocycles. The summed E-state index contributed by atoms with van der Waals surface area (Å²) in [6.45, 7) is 5.94. The Hall–Kier alpha value is -1.26. The highest BCUT2D eigenvalue weighted by atomic mass is 35.5. The van der Waals surface area contributed by atoms with Gasteiger partial charge in [0.25, 0.3) is 0 Å². The SMILES string of the molecule is CC(C)(CCCCNCCc1ccc(Cl)cc1)/C(N)=N/O. The predicted molar refractivity (Wildman–Crippen MR) is 89.1 cm³/mol. The van der Waals surface area contributed by atoms with Crippen molar-refractivity contribution in [3.8, 4) is 0 Å². The normalized spacial score (nSPS) is 12.6. The molecule has 4 N–H and O–H groups in total. The van der Waals surface area contributed by atoms with Crippen molar-refractivity contribution in [3.63, 3.8) is 0 Å². The second-order valence-corrected chi connectivity index (χ2v) is 6.39. The maximum absolute atomic E-state index is 8.71. The highest BCUT2D eigenvalue weighted by Gasteiger charge is 2.22. The van der Waals surface area contributed by atoms with E-state index in [0.717, 1.165) is 43.8 Å². The minimum Gasteiger partial charge on any atom is -0.409 e. The van der Waals surface area contributed by atoms with Crippen molar-refractivity contribution in [2.45, 2.75) is 39.5 Å². The highest BCUT2D eigenvalue weighted by Crippen LogP contribution is 2.23. The Morgan fingerprint density at radius 1 is 1.24 bits per heavy atom. The third-order valence-corrected chi connectivity index (χ3v) is 3.96. The molecule has 0 atom stereocenters. The topological polar surface area (TPSA) is 70.6 Å². The van der Waals surface area contributed by atoms with E-state index in [1.54, 1.807) is 0 Å². The molecule has 0 spiro atoms. The third kappa shape index (κ3) is 6.82. The van der Waals surface area contributed by atoms with Gasteiger partial charge in [0, 0.05) is 10.4 Å². The summed E-state index contributed by atoms with van der Waals surface area (Å²) in [5.41, 5.74) is 6.72. The monoisotopic (exact) mass is 311 g/mol. The number of unbranched alkanes of at least 4 members (excludes halogenated alkanes) is 1. The first-order valence-corrected chi connectivity index (χ1v) is 7.76. The van der Waals surface area contributed by atoms with Crippen molar-refractivity contribution >= 4 is 17.4 Å². The van der Waals surface area contributed by atoms with E-state index in [4.69, 9.17) is 22.5 Å². The van der Waals surface area contributed by atoms with Gasteiger partial charge in [-0.2, -0.15) is 0 Å². The molecule has 0 saturated heterocycles. The number of oxime groups is 1. The molecule has 0 radical (unpaired) electrons. The van der Waals surface area contributed by atoms with Gasteiger partial charge in [0.2, 0.25) is 0 Å². The van der Waals surface area contributed by atoms with E-state index in [9.17, 15) is 0 Å². The van der Waals surface area contributed by atoms with Gasteiger partial charge < -0.3 is 16.3 Å². The van der Waals surface area contributed by atoms with Crippen LogP contribution in [0.15, 0.2) is 29.4 Å². The standard InChI is InChI=1S/C16H26ClN3O/c1-16(2,15(18)20-21)10-3-4-11-19-12-9-13-5-7-14(17)8-6-13/h5-8,19,21H,3-4,9-12H2,1-2H3,(H2,18,20). The van der Waals surface area contributed by atoms with Crippen LogP contribution in [0.5, 0.6) is 0 Å². The van der Waals surface area contributed by atoms with Crippen LogP contribution in [0.4, 0.5) is 0 Å². The quantitative estimate of drug-likeness (QED) is 0.215. The highest BCUT2D eigenvalue weighted by molar-refractivity contribution is 6.30. The predicted octanol–water partition coefficient (Wildman–Crippen LogP) is 3.42. The smallest absolute Gasteiger partial charge is 0.144 e. The molecule has 118 valence electrons. The fourth-order valence-electron chi connectivity index (χ4n) is 2.09. The van der Waals surface area contributed by atoms with E-state index >= 15 is 0 Å². The maximum atomic E-state index is 8.71. The lowest BCUT2D eigenvalue weighted by Gasteiger charge is -2.22. The van der Waals surface area contributed by atoms with E-state index in [-0.39, 0.29) is 5.41 Å². The minimum atomic E-state index is -0.238. The average molecular weight is 312 g/mol. The van der Waals surface area contributed by atoms with Gasteiger partial charge in [-0.1, -0.05) is 49.2 Å². The molecule has 0 unspecified atom stereocenters. The molecule has 0 aliphatic rings. The second kappa shape index (κ2) is 8.90. The van der Waals surface area contributed by atoms with E-state index < -0.39 is 0 Å². The molecule has 0 fully saturated rings. The Labute approximate surface area is 132 Å². The number of nitrogens with one attached hydrogen (secondary N) is 1. The number of rotatable bonds is 9. The van der Waals surface area contributed by atoms with Crippen LogP contribution in [0.25, 0.3) is 0 Å². The van der Waals surface area contributed by atoms with Crippen molar-refractivity contribution < 1.29 is 5.21 Å². The van der Waals surface area contributed by atoms with Crippen molar-refractivity contribution in [1.29, 1.82) is 0 Å². The zero-order chi connectivity index (χ0) is 15.7. The summed E-state index contributed by atoms with van der Waals surface area (Å²) in [7, 11) is 0. The number of benzene rings is 1. The van der Waals surface area contributed by atoms with Gasteiger partial charge in [-0.15, -0.1) is 0 Å². The fourth-order valence-corrected chi connectivity index (χ4v) is 2.22. The Morgan fingerprint density at radius 3 is 2.52 bits per heavy atom. The zero-order valence-electron chi connectivity index (χ0n) is 12.9. The molecule has 0 aliphatic heterocycles. The zero-order valence-corrected chi connectivity index (χ0v) is 13.7. The molecule has 0 amide bonds. The number of hydrogen-bond donors (Lipinski definition) is 3. The van der Waals surface area contributed by atoms with Gasteiger partial charge in [-0.05, 0) is 50.0 Å². The molecule has 0 saturated carbocycles. The summed E-state index contributed by atoms with van der Waals surface area (Å²) in [4.78, 5) is 0. The molecule has 0 bridgehead atoms. The van der Waals surface area contributed by atoms with Gasteiger partial charge in [0.15, 0.2) is 0 Å². The number of hydrogen-bond acceptors (Lipinski definition) is 3. The van der Waals surface area contributed by atoms with Gasteiger partial charge >= 0.3 is 0 Å². The van der Waals surface area contributed by atoms with Gasteiger partial charge in [0.05, 0.1) is 0 Å². The summed E-state index contributed by atoms with van der Waals surface area (Å²) in [6.07, 6.45) is 4.06. The van der Waals surface area contributed by atoms with Crippen LogP contribution in [-0.4, -0.2) is 24.1 Å². The molecule has 1 aromatic rings. The lowest BCUT2D eigenvalue weighted by atomic mass is 9.86. The summed E-state index contributed by atoms with van der Waals surface area (Å²) in [6, 6.07) is 7.96. The van der Waals surface area contributed by atoms with Crippen LogP contribution >= 0.6 is 11.6 Å². The summed E-state index contributed by atoms with van der Waals surface area (Å²) >= 11 is 5.85. The first-order valence-electron chi connectivity index (χ1n) is 7.39. The lowest BCUT2D eigenvalue weighted by Crippen LogP contribution is -2.32. The molecule has 1 aromatic carbocycles. The largest absolute Gasteiger partial charge is 0.409 e. The Balaban J connectivity index is 2.09. The molecular weight excluding hydrogens is 286 g/mol. The van der Waals surface area contributed by atoms with E-state index in [0.29, 0.717) is 5.84 Å². The summed E-state index contributed by atoms with van der Waals surface area (Å²) < 4.78 is 0. The second-order valence-electron chi connectivity index (χ2n) is 5.95. The number of nitrogens with two attached hydrogens (primary N) is 1. The molecule has 5 heteroatoms. The first-order chi connectivity index (χ1) is 9.95. The van der Waals surface area contributed by atoms with Crippen LogP contribution in [-0.2, 0) is 6.42 Å². The lowest BCUT2D eigenvalue weighted by molar-refractivity contribution is 0.304. The Kier molecular flexibility index (Phi) is 7.54. The van der Waals surface area contributed by atoms with Crippen molar-refractivity contribution in [3.05, 3.63) is 34.9 Å². The van der Waals surface area contributed by atoms with Crippen LogP contribution in [0.2, 0.25) is 5.02 Å². The van der Waals surface area contributed by atoms with E-state index in [2.05, 4.69) is 22.6 Å². The van der Waals surface area contributed by atoms with Crippen LogP contribution in [0.3, 0.4) is 0 Å². The van der Waals surface area contributed by atoms with Gasteiger partial charge in [0.1, 0.15) is 5.84 Å². The average Bonchev–Trinajstić information content (AvgIpc) is 2.47. The van der Waals surface area contributed by atoms with Crippen molar-refractivity contribution in [2.75, 3.05) is 13.1 Å². The number of halogens is 1. The Morgan fingerprint density at radius 2 is 1.90 bits per heavy atom. The summed E-state index contributed by atoms with van der Waals surface area (Å²) in [5.74, 6) is 0.304. The molecule has 0 heterocycles. The molecule has 1 rings (SSSR count). The molecule has 4 nitrogen and oxygen atoms in total. The molecular formula is C16H26ClN3O. The van der Waals surface area contributed by atoms with E-state index in [1.807, 2.05) is 26.0 Å². The minimum absolute atomic E-state index is 0.238. The van der Waals surface area contributed by atoms with Crippen molar-refractivity contribution in [2.24, 2.45) is 16.3 Å². The van der Waals surface area contributed by atoms with Crippen LogP contribution in [0, 0.1) is 5.41 Å². The van der Waals surface area contributed by atoms with Gasteiger partial charge in [-0.25, -0.2) is 0 Å². The van der Waals surface area contributed by atoms with Crippen molar-refractivity contribution in [1.82, 2.24) is 5.32 Å². The summed E-state index contributed by atoms with van der Waals surface area (Å²) in [5, 5.41) is 16.0. The fraction of sp³-hybridized carbons (Fsp3) is 0.562. The molecule has 0 aromatic heterocycles. The Bertz CT molecular complexity index is 443. The maximum Gasteiger partial charge on any atom is 0.144 e. The van der Waals surface area contributed by atoms with E-state index in [1.165, 1.54) is 5.56 Å². The number of nitrogens with zero attached hydrogens (tertiary/aromatic N) is 1. The van der Waals surface area contributed by atoms with Gasteiger partial charge in [-0.3, -0.25) is 0 Å². The molecule has 21 heavy (non-hydrogen) atoms.